The van der Waals surface area contributed by atoms with E-state index in [1.807, 2.05) is 0 Å². The van der Waals surface area contributed by atoms with Crippen molar-refractivity contribution in [1.29, 1.82) is 0 Å². The molecule has 0 spiro atoms. The van der Waals surface area contributed by atoms with Crippen LogP contribution in [0.3, 0.4) is 0 Å². The highest BCUT2D eigenvalue weighted by atomic mass is 35.5. The van der Waals surface area contributed by atoms with Crippen LogP contribution in [0.4, 0.5) is 5.69 Å². The Bertz CT molecular complexity index is 849. The third-order valence-corrected chi connectivity index (χ3v) is 5.91. The molecule has 4 rings (SSSR count). The standard InChI is InChI=1S/C21H20ClNO4/c22-14-3-7-16(8-4-14)27-17-9-5-15(6-10-17)23-20(24)18-12-1-2-13(11-12)19(18)21(25)26/h3-10,12-13,18-19H,1-2,11H2,(H,23,24)(H,25,26)/p-1/t12-,13+,18-,19+/m1/s1. The van der Waals surface area contributed by atoms with E-state index >= 15 is 0 Å². The summed E-state index contributed by atoms with van der Waals surface area (Å²) in [7, 11) is 0. The first-order valence-electron chi connectivity index (χ1n) is 9.06. The van der Waals surface area contributed by atoms with Gasteiger partial charge in [0.15, 0.2) is 0 Å². The molecule has 0 heterocycles. The Morgan fingerprint density at radius 3 is 2.07 bits per heavy atom. The fraction of sp³-hybridized carbons (Fsp3) is 0.333. The number of hydrogen-bond acceptors (Lipinski definition) is 4. The summed E-state index contributed by atoms with van der Waals surface area (Å²) in [6.45, 7) is 0. The maximum absolute atomic E-state index is 12.7. The van der Waals surface area contributed by atoms with Crippen molar-refractivity contribution in [3.63, 3.8) is 0 Å². The van der Waals surface area contributed by atoms with E-state index in [0.29, 0.717) is 22.2 Å². The molecule has 2 aliphatic carbocycles. The van der Waals surface area contributed by atoms with Crippen molar-refractivity contribution in [2.75, 3.05) is 5.32 Å². The van der Waals surface area contributed by atoms with Gasteiger partial charge >= 0.3 is 0 Å². The summed E-state index contributed by atoms with van der Waals surface area (Å²) in [5.41, 5.74) is 0.614. The Morgan fingerprint density at radius 2 is 1.48 bits per heavy atom. The van der Waals surface area contributed by atoms with Gasteiger partial charge in [-0.25, -0.2) is 0 Å². The molecular formula is C21H19ClNO4-. The predicted octanol–water partition coefficient (Wildman–Crippen LogP) is 3.48. The normalized spacial score (nSPS) is 26.0. The summed E-state index contributed by atoms with van der Waals surface area (Å²) < 4.78 is 5.72. The molecule has 2 aromatic carbocycles. The maximum Gasteiger partial charge on any atom is 0.228 e. The fourth-order valence-electron chi connectivity index (χ4n) is 4.48. The lowest BCUT2D eigenvalue weighted by molar-refractivity contribution is -0.314. The lowest BCUT2D eigenvalue weighted by atomic mass is 9.78. The van der Waals surface area contributed by atoms with E-state index in [2.05, 4.69) is 5.32 Å². The van der Waals surface area contributed by atoms with Crippen molar-refractivity contribution in [3.8, 4) is 11.5 Å². The van der Waals surface area contributed by atoms with Gasteiger partial charge < -0.3 is 20.0 Å². The average Bonchev–Trinajstić information content (AvgIpc) is 3.26. The van der Waals surface area contributed by atoms with Crippen LogP contribution in [0, 0.1) is 23.7 Å². The SMILES string of the molecule is O=C(Nc1ccc(Oc2ccc(Cl)cc2)cc1)[C@@H]1[C@@H]2CC[C@@H](C2)[C@@H]1C(=O)[O-]. The lowest BCUT2D eigenvalue weighted by Crippen LogP contribution is -2.43. The minimum absolute atomic E-state index is 0.0749. The molecule has 2 bridgehead atoms. The van der Waals surface area contributed by atoms with Gasteiger partial charge in [-0.2, -0.15) is 0 Å². The quantitative estimate of drug-likeness (QED) is 0.855. The van der Waals surface area contributed by atoms with Crippen LogP contribution in [0.15, 0.2) is 48.5 Å². The number of aliphatic carboxylic acids is 1. The van der Waals surface area contributed by atoms with Gasteiger partial charge in [0.1, 0.15) is 11.5 Å². The number of nitrogens with one attached hydrogen (secondary N) is 1. The number of hydrogen-bond donors (Lipinski definition) is 1. The van der Waals surface area contributed by atoms with Crippen molar-refractivity contribution in [3.05, 3.63) is 53.6 Å². The monoisotopic (exact) mass is 384 g/mol. The largest absolute Gasteiger partial charge is 0.550 e. The third-order valence-electron chi connectivity index (χ3n) is 5.66. The van der Waals surface area contributed by atoms with E-state index in [0.717, 1.165) is 19.3 Å². The predicted molar refractivity (Wildman–Crippen MR) is 99.4 cm³/mol. The molecule has 0 unspecified atom stereocenters. The Balaban J connectivity index is 1.41. The van der Waals surface area contributed by atoms with E-state index in [-0.39, 0.29) is 17.7 Å². The summed E-state index contributed by atoms with van der Waals surface area (Å²) in [5, 5.41) is 15.0. The molecule has 1 N–H and O–H groups in total. The molecule has 2 saturated carbocycles. The highest BCUT2D eigenvalue weighted by Gasteiger charge is 2.51. The summed E-state index contributed by atoms with van der Waals surface area (Å²) >= 11 is 5.85. The molecular weight excluding hydrogens is 366 g/mol. The van der Waals surface area contributed by atoms with Crippen molar-refractivity contribution in [1.82, 2.24) is 0 Å². The number of amides is 1. The van der Waals surface area contributed by atoms with E-state index in [1.54, 1.807) is 48.5 Å². The fourth-order valence-corrected chi connectivity index (χ4v) is 4.60. The number of fused-ring (bicyclic) bond motifs is 2. The smallest absolute Gasteiger partial charge is 0.228 e. The van der Waals surface area contributed by atoms with Crippen molar-refractivity contribution >= 4 is 29.2 Å². The molecule has 6 heteroatoms. The van der Waals surface area contributed by atoms with Gasteiger partial charge in [0.2, 0.25) is 5.91 Å². The van der Waals surface area contributed by atoms with Gasteiger partial charge in [-0.3, -0.25) is 4.79 Å². The van der Waals surface area contributed by atoms with Crippen LogP contribution >= 0.6 is 11.6 Å². The summed E-state index contributed by atoms with van der Waals surface area (Å²) in [4.78, 5) is 24.2. The zero-order valence-corrected chi connectivity index (χ0v) is 15.3. The third kappa shape index (κ3) is 3.65. The van der Waals surface area contributed by atoms with Gasteiger partial charge in [-0.1, -0.05) is 11.6 Å². The molecule has 27 heavy (non-hydrogen) atoms. The Morgan fingerprint density at radius 1 is 0.926 bits per heavy atom. The minimum Gasteiger partial charge on any atom is -0.550 e. The first kappa shape index (κ1) is 17.9. The first-order valence-corrected chi connectivity index (χ1v) is 9.44. The van der Waals surface area contributed by atoms with Gasteiger partial charge in [-0.15, -0.1) is 0 Å². The molecule has 1 amide bonds. The van der Waals surface area contributed by atoms with Crippen LogP contribution in [0.5, 0.6) is 11.5 Å². The summed E-state index contributed by atoms with van der Waals surface area (Å²) in [6, 6.07) is 14.0. The first-order chi connectivity index (χ1) is 13.0. The zero-order valence-electron chi connectivity index (χ0n) is 14.6. The van der Waals surface area contributed by atoms with Crippen molar-refractivity contribution in [2.24, 2.45) is 23.7 Å². The summed E-state index contributed by atoms with van der Waals surface area (Å²) in [6.07, 6.45) is 2.61. The molecule has 2 aromatic rings. The van der Waals surface area contributed by atoms with E-state index < -0.39 is 17.8 Å². The Labute approximate surface area is 162 Å². The second kappa shape index (κ2) is 7.24. The number of carbonyl (C=O) groups excluding carboxylic acids is 2. The molecule has 140 valence electrons. The number of carboxylic acid groups (broad SMARTS) is 1. The Hall–Kier alpha value is -2.53. The van der Waals surface area contributed by atoms with Gasteiger partial charge in [0.25, 0.3) is 0 Å². The second-order valence-corrected chi connectivity index (χ2v) is 7.71. The van der Waals surface area contributed by atoms with Crippen LogP contribution in [0.25, 0.3) is 0 Å². The highest BCUT2D eigenvalue weighted by molar-refractivity contribution is 6.30. The number of halogens is 1. The number of anilines is 1. The average molecular weight is 385 g/mol. The highest BCUT2D eigenvalue weighted by Crippen LogP contribution is 2.52. The van der Waals surface area contributed by atoms with Gasteiger partial charge in [0.05, 0.1) is 0 Å². The van der Waals surface area contributed by atoms with Crippen LogP contribution in [0.2, 0.25) is 5.02 Å². The number of rotatable bonds is 5. The molecule has 2 fully saturated rings. The Kier molecular flexibility index (Phi) is 4.79. The van der Waals surface area contributed by atoms with E-state index in [9.17, 15) is 14.7 Å². The number of carboxylic acids is 1. The van der Waals surface area contributed by atoms with Crippen LogP contribution in [-0.4, -0.2) is 11.9 Å². The zero-order chi connectivity index (χ0) is 19.0. The second-order valence-electron chi connectivity index (χ2n) is 7.27. The van der Waals surface area contributed by atoms with Gasteiger partial charge in [0, 0.05) is 28.5 Å². The number of ether oxygens (including phenoxy) is 1. The number of benzene rings is 2. The topological polar surface area (TPSA) is 78.5 Å². The maximum atomic E-state index is 12.7. The molecule has 5 nitrogen and oxygen atoms in total. The van der Waals surface area contributed by atoms with Crippen LogP contribution in [0.1, 0.15) is 19.3 Å². The van der Waals surface area contributed by atoms with Crippen LogP contribution in [-0.2, 0) is 9.59 Å². The molecule has 0 saturated heterocycles. The van der Waals surface area contributed by atoms with Crippen molar-refractivity contribution < 1.29 is 19.4 Å². The molecule has 4 atom stereocenters. The minimum atomic E-state index is -1.10. The lowest BCUT2D eigenvalue weighted by Gasteiger charge is -2.30. The van der Waals surface area contributed by atoms with E-state index in [4.69, 9.17) is 16.3 Å². The molecule has 0 aliphatic heterocycles. The van der Waals surface area contributed by atoms with Crippen molar-refractivity contribution in [2.45, 2.75) is 19.3 Å². The number of carbonyl (C=O) groups is 2. The van der Waals surface area contributed by atoms with Crippen LogP contribution < -0.4 is 15.2 Å². The van der Waals surface area contributed by atoms with Gasteiger partial charge in [-0.05, 0) is 79.6 Å². The van der Waals surface area contributed by atoms with E-state index in [1.165, 1.54) is 0 Å². The molecule has 0 radical (unpaired) electrons. The molecule has 2 aliphatic rings. The molecule has 0 aromatic heterocycles. The summed E-state index contributed by atoms with van der Waals surface area (Å²) in [5.74, 6) is -0.999.